The number of nitrogens with zero attached hydrogens (tertiary/aromatic N) is 1. The first-order chi connectivity index (χ1) is 9.75. The fourth-order valence-electron chi connectivity index (χ4n) is 1.92. The molecule has 0 unspecified atom stereocenters. The summed E-state index contributed by atoms with van der Waals surface area (Å²) >= 11 is 1.89. The molecule has 0 aliphatic carbocycles. The summed E-state index contributed by atoms with van der Waals surface area (Å²) in [4.78, 5) is 13.8. The van der Waals surface area contributed by atoms with Crippen molar-refractivity contribution in [2.75, 3.05) is 37.7 Å². The Labute approximate surface area is 122 Å². The van der Waals surface area contributed by atoms with Gasteiger partial charge in [0, 0.05) is 18.8 Å². The Morgan fingerprint density at radius 2 is 2.10 bits per heavy atom. The SMILES string of the molecule is O=C(NCCOc1ccc(F)cc1)N1CCCSCC1. The molecule has 0 spiro atoms. The highest BCUT2D eigenvalue weighted by Crippen LogP contribution is 2.11. The Hall–Kier alpha value is -1.43. The Bertz CT molecular complexity index is 420. The van der Waals surface area contributed by atoms with Gasteiger partial charge < -0.3 is 15.0 Å². The quantitative estimate of drug-likeness (QED) is 0.868. The molecule has 6 heteroatoms. The molecule has 1 aliphatic rings. The Morgan fingerprint density at radius 1 is 1.30 bits per heavy atom. The molecule has 1 heterocycles. The number of hydrogen-bond acceptors (Lipinski definition) is 3. The molecular formula is C14H19FN2O2S. The molecule has 1 N–H and O–H groups in total. The Balaban J connectivity index is 1.64. The van der Waals surface area contributed by atoms with E-state index in [1.165, 1.54) is 12.1 Å². The molecular weight excluding hydrogens is 279 g/mol. The molecule has 0 saturated carbocycles. The summed E-state index contributed by atoms with van der Waals surface area (Å²) in [5.41, 5.74) is 0. The van der Waals surface area contributed by atoms with Crippen LogP contribution in [0.5, 0.6) is 5.75 Å². The molecule has 1 aliphatic heterocycles. The first kappa shape index (κ1) is 15.0. The molecule has 1 aromatic carbocycles. The van der Waals surface area contributed by atoms with Crippen LogP contribution < -0.4 is 10.1 Å². The smallest absolute Gasteiger partial charge is 0.317 e. The number of carbonyl (C=O) groups is 1. The molecule has 0 bridgehead atoms. The van der Waals surface area contributed by atoms with Gasteiger partial charge in [-0.25, -0.2) is 9.18 Å². The van der Waals surface area contributed by atoms with Crippen molar-refractivity contribution in [1.29, 1.82) is 0 Å². The minimum atomic E-state index is -0.287. The maximum absolute atomic E-state index is 12.7. The van der Waals surface area contributed by atoms with Gasteiger partial charge in [-0.05, 0) is 36.4 Å². The third-order valence-corrected chi connectivity index (χ3v) is 4.02. The normalized spacial score (nSPS) is 15.6. The van der Waals surface area contributed by atoms with Crippen molar-refractivity contribution in [2.45, 2.75) is 6.42 Å². The van der Waals surface area contributed by atoms with Gasteiger partial charge in [0.1, 0.15) is 18.2 Å². The molecule has 20 heavy (non-hydrogen) atoms. The third-order valence-electron chi connectivity index (χ3n) is 2.97. The average Bonchev–Trinajstić information content (AvgIpc) is 2.74. The maximum Gasteiger partial charge on any atom is 0.317 e. The minimum absolute atomic E-state index is 0.0322. The van der Waals surface area contributed by atoms with Gasteiger partial charge in [0.05, 0.1) is 6.54 Å². The molecule has 2 rings (SSSR count). The number of nitrogens with one attached hydrogen (secondary N) is 1. The van der Waals surface area contributed by atoms with Crippen LogP contribution in [0.15, 0.2) is 24.3 Å². The summed E-state index contributed by atoms with van der Waals surface area (Å²) < 4.78 is 18.1. The third kappa shape index (κ3) is 4.92. The number of benzene rings is 1. The van der Waals surface area contributed by atoms with E-state index in [9.17, 15) is 9.18 Å². The van der Waals surface area contributed by atoms with Gasteiger partial charge in [0.15, 0.2) is 0 Å². The van der Waals surface area contributed by atoms with Gasteiger partial charge in [0.25, 0.3) is 0 Å². The lowest BCUT2D eigenvalue weighted by molar-refractivity contribution is 0.198. The average molecular weight is 298 g/mol. The van der Waals surface area contributed by atoms with Crippen LogP contribution in [0.1, 0.15) is 6.42 Å². The van der Waals surface area contributed by atoms with E-state index < -0.39 is 0 Å². The summed E-state index contributed by atoms with van der Waals surface area (Å²) in [6, 6.07) is 5.81. The second-order valence-corrected chi connectivity index (χ2v) is 5.71. The first-order valence-corrected chi connectivity index (χ1v) is 7.90. The lowest BCUT2D eigenvalue weighted by Gasteiger charge is -2.20. The molecule has 4 nitrogen and oxygen atoms in total. The largest absolute Gasteiger partial charge is 0.492 e. The second-order valence-electron chi connectivity index (χ2n) is 4.49. The second kappa shape index (κ2) is 7.99. The maximum atomic E-state index is 12.7. The van der Waals surface area contributed by atoms with Crippen molar-refractivity contribution in [3.63, 3.8) is 0 Å². The minimum Gasteiger partial charge on any atom is -0.492 e. The predicted octanol–water partition coefficient (Wildman–Crippen LogP) is 2.35. The summed E-state index contributed by atoms with van der Waals surface area (Å²) in [6.45, 7) is 2.44. The van der Waals surface area contributed by atoms with E-state index in [0.29, 0.717) is 18.9 Å². The van der Waals surface area contributed by atoms with E-state index in [4.69, 9.17) is 4.74 Å². The van der Waals surface area contributed by atoms with Crippen molar-refractivity contribution < 1.29 is 13.9 Å². The lowest BCUT2D eigenvalue weighted by Crippen LogP contribution is -2.42. The number of carbonyl (C=O) groups excluding carboxylic acids is 1. The lowest BCUT2D eigenvalue weighted by atomic mass is 10.3. The van der Waals surface area contributed by atoms with Crippen LogP contribution in [0, 0.1) is 5.82 Å². The molecule has 110 valence electrons. The van der Waals surface area contributed by atoms with Crippen LogP contribution in [-0.4, -0.2) is 48.7 Å². The van der Waals surface area contributed by atoms with Crippen LogP contribution in [0.4, 0.5) is 9.18 Å². The summed E-state index contributed by atoms with van der Waals surface area (Å²) in [6.07, 6.45) is 1.05. The topological polar surface area (TPSA) is 41.6 Å². The number of urea groups is 1. The summed E-state index contributed by atoms with van der Waals surface area (Å²) in [7, 11) is 0. The highest BCUT2D eigenvalue weighted by atomic mass is 32.2. The fraction of sp³-hybridized carbons (Fsp3) is 0.500. The van der Waals surface area contributed by atoms with E-state index in [0.717, 1.165) is 31.0 Å². The van der Waals surface area contributed by atoms with Gasteiger partial charge >= 0.3 is 6.03 Å². The number of amides is 2. The first-order valence-electron chi connectivity index (χ1n) is 6.74. The standard InChI is InChI=1S/C14H19FN2O2S/c15-12-2-4-13(5-3-12)19-9-6-16-14(18)17-7-1-10-20-11-8-17/h2-5H,1,6-11H2,(H,16,18). The van der Waals surface area contributed by atoms with Crippen molar-refractivity contribution in [2.24, 2.45) is 0 Å². The van der Waals surface area contributed by atoms with Crippen molar-refractivity contribution in [3.8, 4) is 5.75 Å². The number of halogens is 1. The van der Waals surface area contributed by atoms with Gasteiger partial charge in [-0.3, -0.25) is 0 Å². The summed E-state index contributed by atoms with van der Waals surface area (Å²) in [5, 5.41) is 2.84. The van der Waals surface area contributed by atoms with E-state index in [1.54, 1.807) is 12.1 Å². The van der Waals surface area contributed by atoms with E-state index in [-0.39, 0.29) is 11.8 Å². The van der Waals surface area contributed by atoms with Crippen molar-refractivity contribution >= 4 is 17.8 Å². The van der Waals surface area contributed by atoms with E-state index in [1.807, 2.05) is 16.7 Å². The van der Waals surface area contributed by atoms with E-state index in [2.05, 4.69) is 5.32 Å². The monoisotopic (exact) mass is 298 g/mol. The molecule has 1 aromatic rings. The number of rotatable bonds is 4. The molecule has 0 atom stereocenters. The Kier molecular flexibility index (Phi) is 5.98. The fourth-order valence-corrected chi connectivity index (χ4v) is 2.81. The number of hydrogen-bond donors (Lipinski definition) is 1. The van der Waals surface area contributed by atoms with Crippen LogP contribution in [-0.2, 0) is 0 Å². The molecule has 1 fully saturated rings. The zero-order chi connectivity index (χ0) is 14.2. The number of thioether (sulfide) groups is 1. The van der Waals surface area contributed by atoms with Crippen LogP contribution >= 0.6 is 11.8 Å². The van der Waals surface area contributed by atoms with Gasteiger partial charge in [-0.1, -0.05) is 0 Å². The van der Waals surface area contributed by atoms with Crippen LogP contribution in [0.25, 0.3) is 0 Å². The molecule has 0 aromatic heterocycles. The van der Waals surface area contributed by atoms with Crippen molar-refractivity contribution in [3.05, 3.63) is 30.1 Å². The van der Waals surface area contributed by atoms with Crippen LogP contribution in [0.2, 0.25) is 0 Å². The van der Waals surface area contributed by atoms with Gasteiger partial charge in [-0.15, -0.1) is 0 Å². The zero-order valence-electron chi connectivity index (χ0n) is 11.3. The van der Waals surface area contributed by atoms with Gasteiger partial charge in [-0.2, -0.15) is 11.8 Å². The highest BCUT2D eigenvalue weighted by Gasteiger charge is 2.14. The molecule has 0 radical (unpaired) electrons. The molecule has 1 saturated heterocycles. The zero-order valence-corrected chi connectivity index (χ0v) is 12.1. The predicted molar refractivity (Wildman–Crippen MR) is 78.8 cm³/mol. The molecule has 2 amide bonds. The summed E-state index contributed by atoms with van der Waals surface area (Å²) in [5.74, 6) is 2.44. The highest BCUT2D eigenvalue weighted by molar-refractivity contribution is 7.99. The van der Waals surface area contributed by atoms with E-state index >= 15 is 0 Å². The number of ether oxygens (including phenoxy) is 1. The van der Waals surface area contributed by atoms with Crippen LogP contribution in [0.3, 0.4) is 0 Å². The van der Waals surface area contributed by atoms with Gasteiger partial charge in [0.2, 0.25) is 0 Å². The van der Waals surface area contributed by atoms with Crippen molar-refractivity contribution in [1.82, 2.24) is 10.2 Å². The Morgan fingerprint density at radius 3 is 2.90 bits per heavy atom.